The molecule has 112 valence electrons. The molecule has 0 aliphatic carbocycles. The maximum atomic E-state index is 12.0. The van der Waals surface area contributed by atoms with Crippen LogP contribution in [0.3, 0.4) is 0 Å². The van der Waals surface area contributed by atoms with Crippen molar-refractivity contribution in [3.8, 4) is 0 Å². The monoisotopic (exact) mass is 301 g/mol. The van der Waals surface area contributed by atoms with Gasteiger partial charge in [-0.15, -0.1) is 0 Å². The molecule has 0 saturated heterocycles. The number of amides is 1. The van der Waals surface area contributed by atoms with Gasteiger partial charge in [-0.3, -0.25) is 9.59 Å². The van der Waals surface area contributed by atoms with Crippen molar-refractivity contribution in [2.24, 2.45) is 0 Å². The molecule has 0 unspecified atom stereocenters. The molecule has 0 fully saturated rings. The van der Waals surface area contributed by atoms with E-state index in [4.69, 9.17) is 11.6 Å². The molecule has 1 amide bonds. The highest BCUT2D eigenvalue weighted by molar-refractivity contribution is 6.33. The van der Waals surface area contributed by atoms with Crippen LogP contribution in [0, 0.1) is 0 Å². The van der Waals surface area contributed by atoms with E-state index in [0.29, 0.717) is 25.3 Å². The molecule has 0 saturated carbocycles. The highest BCUT2D eigenvalue weighted by Crippen LogP contribution is 2.14. The fourth-order valence-corrected chi connectivity index (χ4v) is 1.69. The Balaban J connectivity index is 2.73. The van der Waals surface area contributed by atoms with Gasteiger partial charge in [0.15, 0.2) is 0 Å². The van der Waals surface area contributed by atoms with E-state index in [0.717, 1.165) is 0 Å². The number of hydrogen-bond acceptors (Lipinski definition) is 5. The molecule has 1 rings (SSSR count). The van der Waals surface area contributed by atoms with Crippen molar-refractivity contribution in [1.82, 2.24) is 20.0 Å². The molecule has 7 nitrogen and oxygen atoms in total. The Morgan fingerprint density at radius 3 is 2.80 bits per heavy atom. The lowest BCUT2D eigenvalue weighted by atomic mass is 10.4. The molecule has 0 aromatic carbocycles. The van der Waals surface area contributed by atoms with Gasteiger partial charge in [0.05, 0.1) is 25.0 Å². The normalized spacial score (nSPS) is 10.7. The summed E-state index contributed by atoms with van der Waals surface area (Å²) in [5.41, 5.74) is -0.00145. The summed E-state index contributed by atoms with van der Waals surface area (Å²) in [5.74, 6) is -0.166. The summed E-state index contributed by atoms with van der Waals surface area (Å²) in [4.78, 5) is 25.3. The fraction of sp³-hybridized carbons (Fsp3) is 0.583. The molecule has 2 N–H and O–H groups in total. The van der Waals surface area contributed by atoms with Crippen molar-refractivity contribution in [1.29, 1.82) is 0 Å². The lowest BCUT2D eigenvalue weighted by molar-refractivity contribution is -0.119. The van der Waals surface area contributed by atoms with E-state index >= 15 is 0 Å². The number of nitrogens with one attached hydrogen (secondary N) is 2. The number of carbonyl (C=O) groups is 1. The molecule has 1 heterocycles. The SMILES string of the molecule is CCNC(=O)CNc1cnn(CCN(C)C)c(=O)c1Cl. The summed E-state index contributed by atoms with van der Waals surface area (Å²) in [7, 11) is 3.82. The van der Waals surface area contributed by atoms with Gasteiger partial charge >= 0.3 is 0 Å². The van der Waals surface area contributed by atoms with Gasteiger partial charge in [-0.25, -0.2) is 4.68 Å². The van der Waals surface area contributed by atoms with E-state index in [2.05, 4.69) is 15.7 Å². The summed E-state index contributed by atoms with van der Waals surface area (Å²) >= 11 is 5.99. The Morgan fingerprint density at radius 2 is 2.20 bits per heavy atom. The molecule has 0 radical (unpaired) electrons. The summed E-state index contributed by atoms with van der Waals surface area (Å²) in [6.45, 7) is 3.59. The lowest BCUT2D eigenvalue weighted by Gasteiger charge is -2.12. The quantitative estimate of drug-likeness (QED) is 0.741. The number of halogens is 1. The molecule has 0 spiro atoms. The minimum Gasteiger partial charge on any atom is -0.373 e. The molecular formula is C12H20ClN5O2. The first-order valence-corrected chi connectivity index (χ1v) is 6.74. The number of carbonyl (C=O) groups excluding carboxylic acids is 1. The van der Waals surface area contributed by atoms with Gasteiger partial charge in [0.2, 0.25) is 5.91 Å². The third-order valence-electron chi connectivity index (χ3n) is 2.56. The average molecular weight is 302 g/mol. The third kappa shape index (κ3) is 4.82. The molecule has 0 aliphatic heterocycles. The predicted octanol–water partition coefficient (Wildman–Crippen LogP) is 0.00630. The van der Waals surface area contributed by atoms with Crippen molar-refractivity contribution in [2.75, 3.05) is 39.0 Å². The summed E-state index contributed by atoms with van der Waals surface area (Å²) in [6.07, 6.45) is 1.46. The molecule has 20 heavy (non-hydrogen) atoms. The Morgan fingerprint density at radius 1 is 1.50 bits per heavy atom. The van der Waals surface area contributed by atoms with Crippen LogP contribution < -0.4 is 16.2 Å². The lowest BCUT2D eigenvalue weighted by Crippen LogP contribution is -2.31. The van der Waals surface area contributed by atoms with Crippen LogP contribution in [0.4, 0.5) is 5.69 Å². The number of anilines is 1. The zero-order chi connectivity index (χ0) is 15.1. The minimum absolute atomic E-state index is 0.0445. The molecule has 0 atom stereocenters. The van der Waals surface area contributed by atoms with Crippen molar-refractivity contribution in [2.45, 2.75) is 13.5 Å². The first-order chi connectivity index (χ1) is 9.45. The van der Waals surface area contributed by atoms with Crippen LogP contribution in [-0.4, -0.2) is 54.3 Å². The van der Waals surface area contributed by atoms with Crippen molar-refractivity contribution < 1.29 is 4.79 Å². The smallest absolute Gasteiger partial charge is 0.287 e. The number of hydrogen-bond donors (Lipinski definition) is 2. The maximum Gasteiger partial charge on any atom is 0.287 e. The minimum atomic E-state index is -0.366. The average Bonchev–Trinajstić information content (AvgIpc) is 2.39. The number of aromatic nitrogens is 2. The molecule has 8 heteroatoms. The van der Waals surface area contributed by atoms with Crippen molar-refractivity contribution >= 4 is 23.2 Å². The first kappa shape index (κ1) is 16.5. The highest BCUT2D eigenvalue weighted by Gasteiger charge is 2.10. The van der Waals surface area contributed by atoms with Crippen LogP contribution in [0.25, 0.3) is 0 Å². The standard InChI is InChI=1S/C12H20ClN5O2/c1-4-14-10(19)8-15-9-7-16-18(6-5-17(2)3)12(20)11(9)13/h7,15H,4-6,8H2,1-3H3,(H,14,19). The number of rotatable bonds is 7. The zero-order valence-corrected chi connectivity index (χ0v) is 12.7. The van der Waals surface area contributed by atoms with E-state index in [1.807, 2.05) is 25.9 Å². The summed E-state index contributed by atoms with van der Waals surface area (Å²) in [5, 5.41) is 9.52. The highest BCUT2D eigenvalue weighted by atomic mass is 35.5. The van der Waals surface area contributed by atoms with Gasteiger partial charge < -0.3 is 15.5 Å². The van der Waals surface area contributed by atoms with Gasteiger partial charge in [-0.2, -0.15) is 5.10 Å². The van der Waals surface area contributed by atoms with Crippen LogP contribution in [0.5, 0.6) is 0 Å². The van der Waals surface area contributed by atoms with Gasteiger partial charge in [-0.05, 0) is 21.0 Å². The third-order valence-corrected chi connectivity index (χ3v) is 2.92. The largest absolute Gasteiger partial charge is 0.373 e. The van der Waals surface area contributed by atoms with E-state index in [1.54, 1.807) is 0 Å². The molecule has 1 aromatic rings. The Kier molecular flexibility index (Phi) is 6.47. The molecule has 1 aromatic heterocycles. The Hall–Kier alpha value is -1.60. The summed E-state index contributed by atoms with van der Waals surface area (Å²) in [6, 6.07) is 0. The Labute approximate surface area is 122 Å². The van der Waals surface area contributed by atoms with Crippen LogP contribution >= 0.6 is 11.6 Å². The molecule has 0 bridgehead atoms. The van der Waals surface area contributed by atoms with E-state index in [1.165, 1.54) is 10.9 Å². The first-order valence-electron chi connectivity index (χ1n) is 6.36. The van der Waals surface area contributed by atoms with Crippen molar-refractivity contribution in [3.05, 3.63) is 21.6 Å². The fourth-order valence-electron chi connectivity index (χ4n) is 1.48. The topological polar surface area (TPSA) is 79.3 Å². The maximum absolute atomic E-state index is 12.0. The van der Waals surface area contributed by atoms with Gasteiger partial charge in [0.1, 0.15) is 5.02 Å². The summed E-state index contributed by atoms with van der Waals surface area (Å²) < 4.78 is 1.31. The van der Waals surface area contributed by atoms with E-state index < -0.39 is 0 Å². The van der Waals surface area contributed by atoms with Crippen LogP contribution in [-0.2, 0) is 11.3 Å². The zero-order valence-electron chi connectivity index (χ0n) is 11.9. The van der Waals surface area contributed by atoms with Gasteiger partial charge in [0, 0.05) is 13.1 Å². The number of likely N-dealkylation sites (N-methyl/N-ethyl adjacent to an activating group) is 2. The van der Waals surface area contributed by atoms with Crippen LogP contribution in [0.15, 0.2) is 11.0 Å². The molecule has 0 aliphatic rings. The second-order valence-electron chi connectivity index (χ2n) is 4.51. The van der Waals surface area contributed by atoms with E-state index in [-0.39, 0.29) is 23.0 Å². The number of nitrogens with zero attached hydrogens (tertiary/aromatic N) is 3. The van der Waals surface area contributed by atoms with Gasteiger partial charge in [0.25, 0.3) is 5.56 Å². The predicted molar refractivity (Wildman–Crippen MR) is 79.2 cm³/mol. The van der Waals surface area contributed by atoms with Gasteiger partial charge in [-0.1, -0.05) is 11.6 Å². The second kappa shape index (κ2) is 7.86. The second-order valence-corrected chi connectivity index (χ2v) is 4.89. The van der Waals surface area contributed by atoms with Crippen molar-refractivity contribution in [3.63, 3.8) is 0 Å². The van der Waals surface area contributed by atoms with Crippen LogP contribution in [0.2, 0.25) is 5.02 Å². The molecular weight excluding hydrogens is 282 g/mol. The van der Waals surface area contributed by atoms with E-state index in [9.17, 15) is 9.59 Å². The Bertz CT molecular complexity index is 515. The van der Waals surface area contributed by atoms with Crippen LogP contribution in [0.1, 0.15) is 6.92 Å².